The van der Waals surface area contributed by atoms with E-state index >= 15 is 0 Å². The van der Waals surface area contributed by atoms with Gasteiger partial charge in [0, 0.05) is 24.8 Å². The largest absolute Gasteiger partial charge is 0.382 e. The Morgan fingerprint density at radius 2 is 1.64 bits per heavy atom. The lowest BCUT2D eigenvalue weighted by Crippen LogP contribution is -2.26. The molecule has 0 radical (unpaired) electrons. The van der Waals surface area contributed by atoms with Crippen molar-refractivity contribution in [1.29, 1.82) is 0 Å². The average molecular weight is 537 g/mol. The highest BCUT2D eigenvalue weighted by Gasteiger charge is 2.20. The normalized spacial score (nSPS) is 11.1. The van der Waals surface area contributed by atoms with Crippen LogP contribution in [0.25, 0.3) is 16.6 Å². The highest BCUT2D eigenvalue weighted by Crippen LogP contribution is 2.21. The van der Waals surface area contributed by atoms with Crippen LogP contribution < -0.4 is 16.6 Å². The summed E-state index contributed by atoms with van der Waals surface area (Å²) in [7, 11) is -3.66. The van der Waals surface area contributed by atoms with Gasteiger partial charge in [-0.1, -0.05) is 54.3 Å². The van der Waals surface area contributed by atoms with Crippen molar-refractivity contribution in [3.05, 3.63) is 112 Å². The van der Waals surface area contributed by atoms with Gasteiger partial charge in [0.25, 0.3) is 5.56 Å². The van der Waals surface area contributed by atoms with Crippen molar-refractivity contribution in [1.82, 2.24) is 19.5 Å². The first-order chi connectivity index (χ1) is 18.8. The van der Waals surface area contributed by atoms with Crippen molar-refractivity contribution in [3.63, 3.8) is 0 Å². The summed E-state index contributed by atoms with van der Waals surface area (Å²) in [5, 5.41) is 3.29. The quantitative estimate of drug-likeness (QED) is 0.316. The lowest BCUT2D eigenvalue weighted by Gasteiger charge is -2.15. The number of hydrogen-bond donors (Lipinski definition) is 2. The number of nitrogens with zero attached hydrogens (tertiary/aromatic N) is 4. The van der Waals surface area contributed by atoms with Crippen molar-refractivity contribution in [2.24, 2.45) is 0 Å². The lowest BCUT2D eigenvalue weighted by atomic mass is 10.2. The number of nitrogens with one attached hydrogen (secondary N) is 1. The summed E-state index contributed by atoms with van der Waals surface area (Å²) in [6.45, 7) is 0.340. The van der Waals surface area contributed by atoms with Gasteiger partial charge >= 0.3 is 0 Å². The van der Waals surface area contributed by atoms with Crippen molar-refractivity contribution in [3.8, 4) is 17.5 Å². The molecule has 0 saturated heterocycles. The Labute approximate surface area is 225 Å². The van der Waals surface area contributed by atoms with Crippen LogP contribution >= 0.6 is 0 Å². The van der Waals surface area contributed by atoms with E-state index in [2.05, 4.69) is 27.1 Å². The molecule has 0 saturated carbocycles. The third-order valence-corrected chi connectivity index (χ3v) is 7.11. The zero-order valence-corrected chi connectivity index (χ0v) is 21.8. The van der Waals surface area contributed by atoms with Gasteiger partial charge in [0.1, 0.15) is 29.4 Å². The topological polar surface area (TPSA) is 133 Å². The molecule has 0 amide bonds. The molecule has 0 fully saturated rings. The average Bonchev–Trinajstić information content (AvgIpc) is 2.93. The Hall–Kier alpha value is -5.01. The summed E-state index contributed by atoms with van der Waals surface area (Å²) < 4.78 is 26.3. The number of benzene rings is 3. The van der Waals surface area contributed by atoms with Gasteiger partial charge in [0.05, 0.1) is 21.5 Å². The first-order valence-electron chi connectivity index (χ1n) is 12.0. The minimum Gasteiger partial charge on any atom is -0.382 e. The Morgan fingerprint density at radius 3 is 2.36 bits per heavy atom. The van der Waals surface area contributed by atoms with E-state index in [-0.39, 0.29) is 16.1 Å². The number of rotatable bonds is 6. The molecule has 2 aromatic heterocycles. The van der Waals surface area contributed by atoms with Crippen LogP contribution in [0.15, 0.2) is 94.9 Å². The molecule has 0 unspecified atom stereocenters. The van der Waals surface area contributed by atoms with Gasteiger partial charge in [-0.3, -0.25) is 9.36 Å². The fourth-order valence-electron chi connectivity index (χ4n) is 4.17. The second-order valence-electron chi connectivity index (χ2n) is 8.70. The van der Waals surface area contributed by atoms with Crippen molar-refractivity contribution < 1.29 is 8.42 Å². The number of aromatic nitrogens is 4. The minimum atomic E-state index is -3.66. The predicted molar refractivity (Wildman–Crippen MR) is 152 cm³/mol. The van der Waals surface area contributed by atoms with Crippen molar-refractivity contribution >= 4 is 32.4 Å². The van der Waals surface area contributed by atoms with E-state index in [1.54, 1.807) is 36.4 Å². The van der Waals surface area contributed by atoms with Gasteiger partial charge in [-0.2, -0.15) is 0 Å². The number of hydrogen-bond acceptors (Lipinski definition) is 8. The molecule has 0 aliphatic rings. The molecule has 3 aromatic carbocycles. The number of nitrogens with two attached hydrogens (primary N) is 1. The summed E-state index contributed by atoms with van der Waals surface area (Å²) >= 11 is 0. The molecule has 2 heterocycles. The molecule has 10 heteroatoms. The van der Waals surface area contributed by atoms with Gasteiger partial charge in [-0.25, -0.2) is 23.4 Å². The highest BCUT2D eigenvalue weighted by atomic mass is 32.2. The molecule has 5 aromatic rings. The summed E-state index contributed by atoms with van der Waals surface area (Å²) in [6, 6.07) is 23.1. The monoisotopic (exact) mass is 536 g/mol. The third kappa shape index (κ3) is 5.49. The van der Waals surface area contributed by atoms with Crippen molar-refractivity contribution in [2.45, 2.75) is 11.3 Å². The Kier molecular flexibility index (Phi) is 7.08. The number of anilines is 2. The van der Waals surface area contributed by atoms with Gasteiger partial charge in [-0.05, 0) is 36.4 Å². The van der Waals surface area contributed by atoms with E-state index in [4.69, 9.17) is 10.7 Å². The second kappa shape index (κ2) is 10.8. The molecule has 0 bridgehead atoms. The van der Waals surface area contributed by atoms with Crippen LogP contribution in [0.4, 0.5) is 11.6 Å². The Morgan fingerprint density at radius 1 is 0.923 bits per heavy atom. The molecule has 0 atom stereocenters. The van der Waals surface area contributed by atoms with E-state index in [0.29, 0.717) is 41.4 Å². The molecule has 9 nitrogen and oxygen atoms in total. The summed E-state index contributed by atoms with van der Waals surface area (Å²) in [5.74, 6) is 7.27. The van der Waals surface area contributed by atoms with Gasteiger partial charge in [-0.15, -0.1) is 0 Å². The smallest absolute Gasteiger partial charge is 0.267 e. The maximum atomic E-state index is 13.8. The standard InChI is InChI=1S/C29H24N6O3S/c1-39(37,38)24-14-8-13-23-26(24)29(36)35(21-11-6-3-7-12-21)25(34-23)17-18-31-28-22(27(30)32-19-33-28)16-15-20-9-4-2-5-10-20/h2-14,19H,17-18H2,1H3,(H3,30,31,32,33). The fourth-order valence-corrected chi connectivity index (χ4v) is 5.06. The first kappa shape index (κ1) is 25.6. The van der Waals surface area contributed by atoms with Gasteiger partial charge < -0.3 is 11.1 Å². The molecule has 3 N–H and O–H groups in total. The molecular weight excluding hydrogens is 512 g/mol. The summed E-state index contributed by atoms with van der Waals surface area (Å²) in [4.78, 5) is 26.8. The maximum Gasteiger partial charge on any atom is 0.267 e. The molecular formula is C29H24N6O3S. The van der Waals surface area contributed by atoms with Crippen LogP contribution in [0.5, 0.6) is 0 Å². The summed E-state index contributed by atoms with van der Waals surface area (Å²) in [6.07, 6.45) is 2.75. The zero-order valence-electron chi connectivity index (χ0n) is 21.0. The van der Waals surface area contributed by atoms with E-state index in [9.17, 15) is 13.2 Å². The molecule has 5 rings (SSSR count). The van der Waals surface area contributed by atoms with E-state index < -0.39 is 15.4 Å². The van der Waals surface area contributed by atoms with Crippen LogP contribution in [0, 0.1) is 11.8 Å². The van der Waals surface area contributed by atoms with Crippen LogP contribution in [0.3, 0.4) is 0 Å². The van der Waals surface area contributed by atoms with Crippen molar-refractivity contribution in [2.75, 3.05) is 23.9 Å². The predicted octanol–water partition coefficient (Wildman–Crippen LogP) is 3.22. The maximum absolute atomic E-state index is 13.8. The number of para-hydroxylation sites is 1. The first-order valence-corrected chi connectivity index (χ1v) is 13.9. The van der Waals surface area contributed by atoms with Crippen LogP contribution in [0.2, 0.25) is 0 Å². The van der Waals surface area contributed by atoms with Crippen LogP contribution in [-0.4, -0.2) is 40.7 Å². The minimum absolute atomic E-state index is 0.0510. The van der Waals surface area contributed by atoms with E-state index in [0.717, 1.165) is 11.8 Å². The fraction of sp³-hybridized carbons (Fsp3) is 0.103. The van der Waals surface area contributed by atoms with Gasteiger partial charge in [0.2, 0.25) is 0 Å². The Balaban J connectivity index is 1.52. The van der Waals surface area contributed by atoms with Gasteiger partial charge in [0.15, 0.2) is 9.84 Å². The summed E-state index contributed by atoms with van der Waals surface area (Å²) in [5.41, 5.74) is 7.82. The SMILES string of the molecule is CS(=O)(=O)c1cccc2nc(CCNc3ncnc(N)c3C#Cc3ccccc3)n(-c3ccccc3)c(=O)c12. The lowest BCUT2D eigenvalue weighted by molar-refractivity contribution is 0.602. The zero-order chi connectivity index (χ0) is 27.4. The Bertz CT molecular complexity index is 1900. The highest BCUT2D eigenvalue weighted by molar-refractivity contribution is 7.91. The number of sulfone groups is 1. The molecule has 0 aliphatic carbocycles. The van der Waals surface area contributed by atoms with Crippen LogP contribution in [-0.2, 0) is 16.3 Å². The molecule has 39 heavy (non-hydrogen) atoms. The van der Waals surface area contributed by atoms with Crippen LogP contribution in [0.1, 0.15) is 17.0 Å². The second-order valence-corrected chi connectivity index (χ2v) is 10.7. The number of nitrogen functional groups attached to an aromatic ring is 1. The number of fused-ring (bicyclic) bond motifs is 1. The molecule has 194 valence electrons. The van der Waals surface area contributed by atoms with E-state index in [1.807, 2.05) is 36.4 Å². The van der Waals surface area contributed by atoms with E-state index in [1.165, 1.54) is 17.0 Å². The third-order valence-electron chi connectivity index (χ3n) is 5.97. The molecule has 0 aliphatic heterocycles. The molecule has 0 spiro atoms.